The normalized spacial score (nSPS) is 14.6. The summed E-state index contributed by atoms with van der Waals surface area (Å²) in [6, 6.07) is 0. The fourth-order valence-corrected chi connectivity index (χ4v) is 13.1. The molecule has 19 heteroatoms. The van der Waals surface area contributed by atoms with Crippen molar-refractivity contribution in [2.45, 2.75) is 407 Å². The first kappa shape index (κ1) is 93.1. The number of carbonyl (C=O) groups is 4. The molecule has 17 nitrogen and oxygen atoms in total. The van der Waals surface area contributed by atoms with Crippen LogP contribution in [0.25, 0.3) is 0 Å². The van der Waals surface area contributed by atoms with Crippen LogP contribution in [0.5, 0.6) is 0 Å². The van der Waals surface area contributed by atoms with E-state index in [1.165, 1.54) is 193 Å². The number of hydrogen-bond donors (Lipinski definition) is 3. The molecule has 0 aromatic heterocycles. The van der Waals surface area contributed by atoms with Crippen LogP contribution in [0.15, 0.2) is 0 Å². The van der Waals surface area contributed by atoms with Gasteiger partial charge in [0.2, 0.25) is 0 Å². The van der Waals surface area contributed by atoms with Gasteiger partial charge in [-0.05, 0) is 43.4 Å². The first-order valence-electron chi connectivity index (χ1n) is 39.4. The van der Waals surface area contributed by atoms with Crippen LogP contribution in [0, 0.1) is 17.8 Å². The number of esters is 4. The second-order valence-corrected chi connectivity index (χ2v) is 31.3. The molecule has 0 aliphatic carbocycles. The molecule has 0 fully saturated rings. The molecule has 4 unspecified atom stereocenters. The molecular formula is C76H148O17P2. The zero-order chi connectivity index (χ0) is 70.1. The van der Waals surface area contributed by atoms with Gasteiger partial charge in [0.1, 0.15) is 19.3 Å². The van der Waals surface area contributed by atoms with E-state index in [0.29, 0.717) is 31.6 Å². The van der Waals surface area contributed by atoms with Crippen LogP contribution < -0.4 is 0 Å². The van der Waals surface area contributed by atoms with Crippen LogP contribution in [0.1, 0.15) is 389 Å². The molecular weight excluding hydrogens is 1250 g/mol. The predicted molar refractivity (Wildman–Crippen MR) is 386 cm³/mol. The lowest BCUT2D eigenvalue weighted by Crippen LogP contribution is -2.30. The molecule has 0 amide bonds. The van der Waals surface area contributed by atoms with E-state index >= 15 is 0 Å². The van der Waals surface area contributed by atoms with Gasteiger partial charge in [0.05, 0.1) is 26.4 Å². The van der Waals surface area contributed by atoms with Gasteiger partial charge in [0, 0.05) is 25.7 Å². The Labute approximate surface area is 581 Å². The number of carbonyl (C=O) groups excluding carboxylic acids is 4. The zero-order valence-electron chi connectivity index (χ0n) is 62.1. The van der Waals surface area contributed by atoms with Crippen LogP contribution in [0.3, 0.4) is 0 Å². The Hall–Kier alpha value is -1.94. The second kappa shape index (κ2) is 66.6. The monoisotopic (exact) mass is 1400 g/mol. The highest BCUT2D eigenvalue weighted by Gasteiger charge is 2.30. The SMILES string of the molecule is CCCCCCCCCCCCCCCC(=O)O[C@H](COC(=O)CCCCCCCCCC(C)C)COP(=O)(O)OC[C@H](O)COP(=O)(O)OC[C@@H](COC(=O)CCCCCCCCCCCCC(C)CC)OC(=O)CCCCCCCCCCCCCCCCC(C)CC. The van der Waals surface area contributed by atoms with Crippen LogP contribution >= 0.6 is 15.6 Å². The number of aliphatic hydroxyl groups excluding tert-OH is 1. The summed E-state index contributed by atoms with van der Waals surface area (Å²) < 4.78 is 68.5. The largest absolute Gasteiger partial charge is 0.472 e. The molecule has 7 atom stereocenters. The van der Waals surface area contributed by atoms with E-state index in [2.05, 4.69) is 48.5 Å². The summed E-state index contributed by atoms with van der Waals surface area (Å²) in [7, 11) is -9.91. The molecule has 0 aromatic rings. The van der Waals surface area contributed by atoms with E-state index in [-0.39, 0.29) is 25.7 Å². The van der Waals surface area contributed by atoms with E-state index < -0.39 is 97.5 Å². The van der Waals surface area contributed by atoms with Crippen molar-refractivity contribution < 1.29 is 80.2 Å². The first-order chi connectivity index (χ1) is 45.8. The van der Waals surface area contributed by atoms with Gasteiger partial charge in [-0.15, -0.1) is 0 Å². The summed E-state index contributed by atoms with van der Waals surface area (Å²) in [4.78, 5) is 72.8. The summed E-state index contributed by atoms with van der Waals surface area (Å²) in [5.41, 5.74) is 0. The Bertz CT molecular complexity index is 1860. The highest BCUT2D eigenvalue weighted by molar-refractivity contribution is 7.47. The van der Waals surface area contributed by atoms with Crippen molar-refractivity contribution >= 4 is 39.5 Å². The lowest BCUT2D eigenvalue weighted by molar-refractivity contribution is -0.161. The molecule has 0 radical (unpaired) electrons. The van der Waals surface area contributed by atoms with Crippen molar-refractivity contribution in [1.29, 1.82) is 0 Å². The lowest BCUT2D eigenvalue weighted by Gasteiger charge is -2.21. The topological polar surface area (TPSA) is 237 Å². The van der Waals surface area contributed by atoms with Gasteiger partial charge in [-0.25, -0.2) is 9.13 Å². The number of ether oxygens (including phenoxy) is 4. The van der Waals surface area contributed by atoms with Crippen molar-refractivity contribution in [2.75, 3.05) is 39.6 Å². The maximum absolute atomic E-state index is 13.1. The molecule has 0 bridgehead atoms. The van der Waals surface area contributed by atoms with Gasteiger partial charge in [-0.2, -0.15) is 0 Å². The van der Waals surface area contributed by atoms with E-state index in [1.807, 2.05) is 0 Å². The highest BCUT2D eigenvalue weighted by atomic mass is 31.2. The molecule has 0 saturated heterocycles. The van der Waals surface area contributed by atoms with Crippen LogP contribution in [-0.2, 0) is 65.4 Å². The van der Waals surface area contributed by atoms with Gasteiger partial charge < -0.3 is 33.8 Å². The smallest absolute Gasteiger partial charge is 0.462 e. The average Bonchev–Trinajstić information content (AvgIpc) is 2.72. The van der Waals surface area contributed by atoms with Crippen LogP contribution in [-0.4, -0.2) is 96.7 Å². The molecule has 564 valence electrons. The number of unbranched alkanes of at least 4 members (excludes halogenated alkanes) is 40. The Morgan fingerprint density at radius 1 is 0.305 bits per heavy atom. The molecule has 0 aliphatic heterocycles. The quantitative estimate of drug-likeness (QED) is 0.0222. The maximum Gasteiger partial charge on any atom is 0.472 e. The van der Waals surface area contributed by atoms with Crippen LogP contribution in [0.2, 0.25) is 0 Å². The highest BCUT2D eigenvalue weighted by Crippen LogP contribution is 2.45. The van der Waals surface area contributed by atoms with Crippen molar-refractivity contribution in [3.8, 4) is 0 Å². The Morgan fingerprint density at radius 2 is 0.537 bits per heavy atom. The minimum absolute atomic E-state index is 0.107. The average molecular weight is 1400 g/mol. The minimum atomic E-state index is -4.96. The van der Waals surface area contributed by atoms with Gasteiger partial charge in [0.15, 0.2) is 12.2 Å². The number of aliphatic hydroxyl groups is 1. The van der Waals surface area contributed by atoms with E-state index in [9.17, 15) is 43.2 Å². The summed E-state index contributed by atoms with van der Waals surface area (Å²) >= 11 is 0. The standard InChI is InChI=1S/C76H148O17P2/c1-8-11-12-13-14-15-16-19-23-30-37-45-52-59-75(80)93-72(64-87-74(79)58-51-44-39-32-33-40-47-54-67(4)5)66-91-95(84,85)89-62-70(77)61-88-94(82,83)90-65-71(63-86-73(78)57-50-43-36-29-26-25-28-35-42-49-56-69(7)10-3)92-76(81)60-53-46-38-31-24-21-18-17-20-22-27-34-41-48-55-68(6)9-2/h67-72,77H,8-66H2,1-7H3,(H,82,83)(H,84,85)/t68?,69?,70-,71-,72-/m1/s1. The van der Waals surface area contributed by atoms with E-state index in [4.69, 9.17) is 37.0 Å². The van der Waals surface area contributed by atoms with Crippen LogP contribution in [0.4, 0.5) is 0 Å². The van der Waals surface area contributed by atoms with Gasteiger partial charge in [-0.3, -0.25) is 37.3 Å². The summed E-state index contributed by atoms with van der Waals surface area (Å²) in [6.45, 7) is 11.9. The molecule has 0 aromatic carbocycles. The summed E-state index contributed by atoms with van der Waals surface area (Å²) in [5.74, 6) is 0.243. The molecule has 0 rings (SSSR count). The zero-order valence-corrected chi connectivity index (χ0v) is 63.9. The number of hydrogen-bond acceptors (Lipinski definition) is 15. The van der Waals surface area contributed by atoms with Gasteiger partial charge in [-0.1, -0.05) is 337 Å². The Balaban J connectivity index is 5.25. The van der Waals surface area contributed by atoms with Crippen molar-refractivity contribution in [2.24, 2.45) is 17.8 Å². The molecule has 0 spiro atoms. The van der Waals surface area contributed by atoms with Crippen molar-refractivity contribution in [1.82, 2.24) is 0 Å². The molecule has 0 aliphatic rings. The Morgan fingerprint density at radius 3 is 0.800 bits per heavy atom. The predicted octanol–water partition coefficient (Wildman–Crippen LogP) is 22.2. The molecule has 0 heterocycles. The second-order valence-electron chi connectivity index (χ2n) is 28.4. The fraction of sp³-hybridized carbons (Fsp3) is 0.947. The third-order valence-electron chi connectivity index (χ3n) is 18.4. The lowest BCUT2D eigenvalue weighted by atomic mass is 9.99. The fourth-order valence-electron chi connectivity index (χ4n) is 11.5. The van der Waals surface area contributed by atoms with Gasteiger partial charge in [0.25, 0.3) is 0 Å². The third kappa shape index (κ3) is 67.6. The molecule has 0 saturated carbocycles. The van der Waals surface area contributed by atoms with Gasteiger partial charge >= 0.3 is 39.5 Å². The molecule has 95 heavy (non-hydrogen) atoms. The van der Waals surface area contributed by atoms with Crippen molar-refractivity contribution in [3.63, 3.8) is 0 Å². The molecule has 3 N–H and O–H groups in total. The van der Waals surface area contributed by atoms with E-state index in [0.717, 1.165) is 108 Å². The third-order valence-corrected chi connectivity index (χ3v) is 20.3. The number of rotatable bonds is 74. The van der Waals surface area contributed by atoms with E-state index in [1.54, 1.807) is 0 Å². The van der Waals surface area contributed by atoms with Crippen molar-refractivity contribution in [3.05, 3.63) is 0 Å². The summed E-state index contributed by atoms with van der Waals surface area (Å²) in [6.07, 6.45) is 52.6. The first-order valence-corrected chi connectivity index (χ1v) is 42.4. The number of phosphoric acid groups is 2. The number of phosphoric ester groups is 2. The maximum atomic E-state index is 13.1. The Kier molecular flexibility index (Phi) is 65.2. The summed E-state index contributed by atoms with van der Waals surface area (Å²) in [5, 5.41) is 10.6. The minimum Gasteiger partial charge on any atom is -0.462 e.